The quantitative estimate of drug-likeness (QED) is 0.581. The molecule has 1 aliphatic heterocycles. The van der Waals surface area contributed by atoms with Crippen LogP contribution in [0.3, 0.4) is 0 Å². The summed E-state index contributed by atoms with van der Waals surface area (Å²) in [5, 5.41) is 7.90. The van der Waals surface area contributed by atoms with Gasteiger partial charge in [0.25, 0.3) is 5.91 Å². The molecule has 0 aliphatic carbocycles. The molecule has 0 spiro atoms. The van der Waals surface area contributed by atoms with Crippen molar-refractivity contribution in [2.24, 2.45) is 5.92 Å². The molecule has 0 bridgehead atoms. The van der Waals surface area contributed by atoms with Crippen molar-refractivity contribution in [1.82, 2.24) is 20.0 Å². The van der Waals surface area contributed by atoms with Crippen LogP contribution in [0.2, 0.25) is 5.15 Å². The van der Waals surface area contributed by atoms with Crippen LogP contribution in [0, 0.1) is 12.8 Å². The van der Waals surface area contributed by atoms with E-state index in [0.717, 1.165) is 31.2 Å². The van der Waals surface area contributed by atoms with Crippen molar-refractivity contribution < 1.29 is 9.59 Å². The molecule has 1 aliphatic rings. The van der Waals surface area contributed by atoms with E-state index in [1.807, 2.05) is 37.3 Å². The fraction of sp³-hybridized carbons (Fsp3) is 0.542. The minimum atomic E-state index is -0.165. The molecule has 7 heteroatoms. The van der Waals surface area contributed by atoms with Gasteiger partial charge in [-0.25, -0.2) is 4.68 Å². The zero-order valence-electron chi connectivity index (χ0n) is 18.6. The highest BCUT2D eigenvalue weighted by Crippen LogP contribution is 2.25. The minimum absolute atomic E-state index is 0.0524. The van der Waals surface area contributed by atoms with Crippen molar-refractivity contribution in [3.05, 3.63) is 52.3 Å². The van der Waals surface area contributed by atoms with E-state index in [2.05, 4.69) is 17.3 Å². The number of aryl methyl sites for hydroxylation is 1. The molecule has 1 aromatic heterocycles. The number of hydrogen-bond acceptors (Lipinski definition) is 3. The number of carbonyl (C=O) groups excluding carboxylic acids is 2. The van der Waals surface area contributed by atoms with Crippen LogP contribution in [0.1, 0.15) is 67.1 Å². The molecule has 1 unspecified atom stereocenters. The van der Waals surface area contributed by atoms with Crippen LogP contribution in [0.5, 0.6) is 0 Å². The predicted molar refractivity (Wildman–Crippen MR) is 123 cm³/mol. The molecule has 0 radical (unpaired) electrons. The highest BCUT2D eigenvalue weighted by atomic mass is 35.5. The van der Waals surface area contributed by atoms with Gasteiger partial charge in [0.2, 0.25) is 5.91 Å². The lowest BCUT2D eigenvalue weighted by Gasteiger charge is -2.32. The Morgan fingerprint density at radius 2 is 1.97 bits per heavy atom. The van der Waals surface area contributed by atoms with Gasteiger partial charge in [-0.2, -0.15) is 5.10 Å². The van der Waals surface area contributed by atoms with Crippen LogP contribution >= 0.6 is 11.6 Å². The number of benzene rings is 1. The van der Waals surface area contributed by atoms with Gasteiger partial charge in [-0.1, -0.05) is 68.1 Å². The first-order chi connectivity index (χ1) is 15.0. The summed E-state index contributed by atoms with van der Waals surface area (Å²) in [7, 11) is 0. The largest absolute Gasteiger partial charge is 0.356 e. The third-order valence-electron chi connectivity index (χ3n) is 5.86. The fourth-order valence-corrected chi connectivity index (χ4v) is 4.41. The van der Waals surface area contributed by atoms with Gasteiger partial charge in [-0.15, -0.1) is 0 Å². The number of likely N-dealkylation sites (tertiary alicyclic amines) is 1. The van der Waals surface area contributed by atoms with Crippen LogP contribution in [0.25, 0.3) is 0 Å². The average molecular weight is 445 g/mol. The van der Waals surface area contributed by atoms with E-state index in [9.17, 15) is 9.59 Å². The van der Waals surface area contributed by atoms with E-state index in [4.69, 9.17) is 11.6 Å². The first-order valence-electron chi connectivity index (χ1n) is 11.3. The van der Waals surface area contributed by atoms with Crippen molar-refractivity contribution in [1.29, 1.82) is 0 Å². The summed E-state index contributed by atoms with van der Waals surface area (Å²) in [4.78, 5) is 27.6. The maximum Gasteiger partial charge on any atom is 0.258 e. The van der Waals surface area contributed by atoms with Crippen LogP contribution in [0.15, 0.2) is 30.3 Å². The average Bonchev–Trinajstić information content (AvgIpc) is 3.06. The van der Waals surface area contributed by atoms with E-state index < -0.39 is 0 Å². The second-order valence-electron chi connectivity index (χ2n) is 8.34. The number of nitrogens with one attached hydrogen (secondary N) is 1. The van der Waals surface area contributed by atoms with Gasteiger partial charge in [0.1, 0.15) is 5.15 Å². The molecular weight excluding hydrogens is 412 g/mol. The van der Waals surface area contributed by atoms with Crippen LogP contribution in [-0.2, 0) is 11.3 Å². The lowest BCUT2D eigenvalue weighted by atomic mass is 9.96. The molecule has 2 amide bonds. The van der Waals surface area contributed by atoms with Gasteiger partial charge in [0.15, 0.2) is 0 Å². The molecule has 1 saturated heterocycles. The van der Waals surface area contributed by atoms with Crippen LogP contribution in [0.4, 0.5) is 0 Å². The first kappa shape index (κ1) is 23.3. The van der Waals surface area contributed by atoms with Crippen molar-refractivity contribution in [2.45, 2.75) is 58.9 Å². The summed E-state index contributed by atoms with van der Waals surface area (Å²) in [6.07, 6.45) is 6.14. The molecule has 3 rings (SSSR count). The molecular formula is C24H33ClN4O2. The highest BCUT2D eigenvalue weighted by molar-refractivity contribution is 6.33. The highest BCUT2D eigenvalue weighted by Gasteiger charge is 2.31. The standard InChI is InChI=1S/C24H33ClN4O2/c1-3-4-5-9-14-26-23(30)20-13-10-15-28(17-20)24(31)21-18(2)27-29(22(21)25)16-19-11-7-6-8-12-19/h6-8,11-12,20H,3-5,9-10,13-17H2,1-2H3,(H,26,30). The van der Waals surface area contributed by atoms with E-state index in [-0.39, 0.29) is 17.7 Å². The third-order valence-corrected chi connectivity index (χ3v) is 6.25. The Kier molecular flexibility index (Phi) is 8.52. The number of amides is 2. The number of carbonyl (C=O) groups is 2. The third kappa shape index (κ3) is 6.10. The zero-order chi connectivity index (χ0) is 22.2. The minimum Gasteiger partial charge on any atom is -0.356 e. The van der Waals surface area contributed by atoms with Gasteiger partial charge in [-0.05, 0) is 31.7 Å². The monoisotopic (exact) mass is 444 g/mol. The smallest absolute Gasteiger partial charge is 0.258 e. The van der Waals surface area contributed by atoms with Crippen LogP contribution in [-0.4, -0.2) is 46.1 Å². The van der Waals surface area contributed by atoms with Gasteiger partial charge in [-0.3, -0.25) is 9.59 Å². The number of halogens is 1. The van der Waals surface area contributed by atoms with E-state index in [1.165, 1.54) is 12.8 Å². The first-order valence-corrected chi connectivity index (χ1v) is 11.7. The lowest BCUT2D eigenvalue weighted by Crippen LogP contribution is -2.45. The number of hydrogen-bond donors (Lipinski definition) is 1. The Hall–Kier alpha value is -2.34. The molecule has 168 valence electrons. The molecule has 0 saturated carbocycles. The van der Waals surface area contributed by atoms with E-state index >= 15 is 0 Å². The maximum atomic E-state index is 13.3. The van der Waals surface area contributed by atoms with Crippen molar-refractivity contribution >= 4 is 23.4 Å². The Balaban J connectivity index is 1.62. The predicted octanol–water partition coefficient (Wildman–Crippen LogP) is 4.44. The number of unbranched alkanes of at least 4 members (excludes halogenated alkanes) is 3. The molecule has 2 aromatic rings. The van der Waals surface area contributed by atoms with Crippen LogP contribution < -0.4 is 5.32 Å². The molecule has 1 aromatic carbocycles. The van der Waals surface area contributed by atoms with E-state index in [0.29, 0.717) is 42.6 Å². The van der Waals surface area contributed by atoms with Crippen molar-refractivity contribution in [3.63, 3.8) is 0 Å². The summed E-state index contributed by atoms with van der Waals surface area (Å²) in [5.41, 5.74) is 2.13. The zero-order valence-corrected chi connectivity index (χ0v) is 19.3. The number of nitrogens with zero attached hydrogens (tertiary/aromatic N) is 3. The SMILES string of the molecule is CCCCCCNC(=O)C1CCCN(C(=O)c2c(C)nn(Cc3ccccc3)c2Cl)C1. The summed E-state index contributed by atoms with van der Waals surface area (Å²) in [6.45, 7) is 6.27. The summed E-state index contributed by atoms with van der Waals surface area (Å²) < 4.78 is 1.67. The second kappa shape index (κ2) is 11.3. The van der Waals surface area contributed by atoms with Crippen molar-refractivity contribution in [3.8, 4) is 0 Å². The lowest BCUT2D eigenvalue weighted by molar-refractivity contribution is -0.126. The molecule has 6 nitrogen and oxygen atoms in total. The molecule has 1 atom stereocenters. The summed E-state index contributed by atoms with van der Waals surface area (Å²) in [6, 6.07) is 9.90. The normalized spacial score (nSPS) is 16.4. The van der Waals surface area contributed by atoms with Crippen molar-refractivity contribution in [2.75, 3.05) is 19.6 Å². The number of aromatic nitrogens is 2. The molecule has 1 fully saturated rings. The Labute approximate surface area is 190 Å². The molecule has 2 heterocycles. The summed E-state index contributed by atoms with van der Waals surface area (Å²) >= 11 is 6.58. The Bertz CT molecular complexity index is 881. The molecule has 31 heavy (non-hydrogen) atoms. The number of rotatable bonds is 9. The summed E-state index contributed by atoms with van der Waals surface area (Å²) in [5.74, 6) is -0.249. The van der Waals surface area contributed by atoms with Gasteiger partial charge >= 0.3 is 0 Å². The molecule has 1 N–H and O–H groups in total. The fourth-order valence-electron chi connectivity index (χ4n) is 4.10. The van der Waals surface area contributed by atoms with E-state index in [1.54, 1.807) is 9.58 Å². The Morgan fingerprint density at radius 3 is 2.71 bits per heavy atom. The number of piperidine rings is 1. The van der Waals surface area contributed by atoms with Gasteiger partial charge < -0.3 is 10.2 Å². The second-order valence-corrected chi connectivity index (χ2v) is 8.69. The van der Waals surface area contributed by atoms with Gasteiger partial charge in [0, 0.05) is 19.6 Å². The Morgan fingerprint density at radius 1 is 1.19 bits per heavy atom. The van der Waals surface area contributed by atoms with Gasteiger partial charge in [0.05, 0.1) is 23.7 Å². The topological polar surface area (TPSA) is 67.2 Å². The maximum absolute atomic E-state index is 13.3.